The standard InChI is InChI=1S/C16H22N4S/c1-11-13(8-17-14-5-6-14)4-7-16(18-11)20(3)9-15-10-21-12(2)19-15/h4,7,10,14,17H,5-6,8-9H2,1-3H3. The highest BCUT2D eigenvalue weighted by Gasteiger charge is 2.20. The Labute approximate surface area is 130 Å². The van der Waals surface area contributed by atoms with Crippen molar-refractivity contribution in [3.8, 4) is 0 Å². The first-order valence-electron chi connectivity index (χ1n) is 7.44. The average molecular weight is 302 g/mol. The highest BCUT2D eigenvalue weighted by molar-refractivity contribution is 7.09. The summed E-state index contributed by atoms with van der Waals surface area (Å²) < 4.78 is 0. The van der Waals surface area contributed by atoms with Gasteiger partial charge in [0.15, 0.2) is 0 Å². The van der Waals surface area contributed by atoms with Crippen molar-refractivity contribution in [1.82, 2.24) is 15.3 Å². The fourth-order valence-electron chi connectivity index (χ4n) is 2.32. The number of aromatic nitrogens is 2. The van der Waals surface area contributed by atoms with Crippen molar-refractivity contribution in [2.24, 2.45) is 0 Å². The van der Waals surface area contributed by atoms with Gasteiger partial charge in [0, 0.05) is 30.7 Å². The zero-order valence-electron chi connectivity index (χ0n) is 12.9. The van der Waals surface area contributed by atoms with Crippen LogP contribution in [0.25, 0.3) is 0 Å². The number of nitrogens with one attached hydrogen (secondary N) is 1. The Morgan fingerprint density at radius 1 is 1.29 bits per heavy atom. The second-order valence-corrected chi connectivity index (χ2v) is 6.85. The summed E-state index contributed by atoms with van der Waals surface area (Å²) in [5.41, 5.74) is 3.52. The molecule has 0 atom stereocenters. The molecular weight excluding hydrogens is 280 g/mol. The Morgan fingerprint density at radius 3 is 2.71 bits per heavy atom. The van der Waals surface area contributed by atoms with Crippen molar-refractivity contribution in [2.45, 2.75) is 45.8 Å². The zero-order valence-corrected chi connectivity index (χ0v) is 13.7. The minimum atomic E-state index is 0.736. The Morgan fingerprint density at radius 2 is 2.10 bits per heavy atom. The van der Waals surface area contributed by atoms with Gasteiger partial charge < -0.3 is 10.2 Å². The van der Waals surface area contributed by atoms with Gasteiger partial charge in [0.1, 0.15) is 5.82 Å². The number of anilines is 1. The van der Waals surface area contributed by atoms with E-state index in [1.165, 1.54) is 18.4 Å². The normalized spacial score (nSPS) is 14.4. The van der Waals surface area contributed by atoms with Crippen LogP contribution in [0.3, 0.4) is 0 Å². The lowest BCUT2D eigenvalue weighted by Crippen LogP contribution is -2.20. The smallest absolute Gasteiger partial charge is 0.128 e. The van der Waals surface area contributed by atoms with Crippen molar-refractivity contribution >= 4 is 17.2 Å². The molecule has 1 saturated carbocycles. The topological polar surface area (TPSA) is 41.1 Å². The highest BCUT2D eigenvalue weighted by atomic mass is 32.1. The molecule has 0 radical (unpaired) electrons. The van der Waals surface area contributed by atoms with E-state index >= 15 is 0 Å². The summed E-state index contributed by atoms with van der Waals surface area (Å²) in [6.45, 7) is 5.86. The quantitative estimate of drug-likeness (QED) is 0.890. The van der Waals surface area contributed by atoms with Crippen LogP contribution in [0.2, 0.25) is 0 Å². The van der Waals surface area contributed by atoms with Gasteiger partial charge in [0.05, 0.1) is 17.2 Å². The lowest BCUT2D eigenvalue weighted by molar-refractivity contribution is 0.682. The molecule has 1 fully saturated rings. The van der Waals surface area contributed by atoms with Gasteiger partial charge in [-0.05, 0) is 38.3 Å². The molecule has 2 aromatic heterocycles. The third kappa shape index (κ3) is 3.80. The molecule has 21 heavy (non-hydrogen) atoms. The Balaban J connectivity index is 1.65. The van der Waals surface area contributed by atoms with Crippen LogP contribution in [-0.4, -0.2) is 23.1 Å². The van der Waals surface area contributed by atoms with Gasteiger partial charge in [-0.25, -0.2) is 9.97 Å². The zero-order chi connectivity index (χ0) is 14.8. The van der Waals surface area contributed by atoms with Gasteiger partial charge in [-0.2, -0.15) is 0 Å². The molecule has 0 bridgehead atoms. The number of pyridine rings is 1. The summed E-state index contributed by atoms with van der Waals surface area (Å²) in [5.74, 6) is 1.01. The monoisotopic (exact) mass is 302 g/mol. The molecule has 2 heterocycles. The molecule has 1 aliphatic carbocycles. The number of thiazole rings is 1. The van der Waals surface area contributed by atoms with E-state index in [2.05, 4.69) is 46.7 Å². The first-order valence-corrected chi connectivity index (χ1v) is 8.32. The van der Waals surface area contributed by atoms with E-state index in [1.807, 2.05) is 6.92 Å². The number of nitrogens with zero attached hydrogens (tertiary/aromatic N) is 3. The molecule has 0 spiro atoms. The SMILES string of the molecule is Cc1nc(CN(C)c2ccc(CNC3CC3)c(C)n2)cs1. The van der Waals surface area contributed by atoms with Crippen LogP contribution in [-0.2, 0) is 13.1 Å². The first kappa shape index (κ1) is 14.5. The van der Waals surface area contributed by atoms with Gasteiger partial charge in [-0.3, -0.25) is 0 Å². The molecule has 3 rings (SSSR count). The summed E-state index contributed by atoms with van der Waals surface area (Å²) in [4.78, 5) is 11.4. The fraction of sp³-hybridized carbons (Fsp3) is 0.500. The molecule has 0 unspecified atom stereocenters. The van der Waals surface area contributed by atoms with Gasteiger partial charge >= 0.3 is 0 Å². The molecule has 0 saturated heterocycles. The van der Waals surface area contributed by atoms with Crippen LogP contribution in [0.4, 0.5) is 5.82 Å². The van der Waals surface area contributed by atoms with E-state index in [4.69, 9.17) is 4.98 Å². The summed E-state index contributed by atoms with van der Waals surface area (Å²) in [7, 11) is 2.07. The van der Waals surface area contributed by atoms with Crippen molar-refractivity contribution in [3.63, 3.8) is 0 Å². The van der Waals surface area contributed by atoms with E-state index < -0.39 is 0 Å². The van der Waals surface area contributed by atoms with E-state index in [0.717, 1.165) is 41.3 Å². The van der Waals surface area contributed by atoms with E-state index in [0.29, 0.717) is 0 Å². The van der Waals surface area contributed by atoms with Crippen LogP contribution in [0, 0.1) is 13.8 Å². The minimum absolute atomic E-state index is 0.736. The van der Waals surface area contributed by atoms with E-state index in [-0.39, 0.29) is 0 Å². The number of aryl methyl sites for hydroxylation is 2. The minimum Gasteiger partial charge on any atom is -0.354 e. The molecule has 4 nitrogen and oxygen atoms in total. The third-order valence-electron chi connectivity index (χ3n) is 3.80. The largest absolute Gasteiger partial charge is 0.354 e. The maximum absolute atomic E-state index is 4.74. The first-order chi connectivity index (χ1) is 10.1. The van der Waals surface area contributed by atoms with E-state index in [9.17, 15) is 0 Å². The molecule has 0 aliphatic heterocycles. The molecule has 1 aliphatic rings. The molecular formula is C16H22N4S. The summed E-state index contributed by atoms with van der Waals surface area (Å²) in [6.07, 6.45) is 2.64. The predicted molar refractivity (Wildman–Crippen MR) is 87.8 cm³/mol. The molecule has 0 amide bonds. The van der Waals surface area contributed by atoms with Crippen LogP contribution >= 0.6 is 11.3 Å². The van der Waals surface area contributed by atoms with Crippen molar-refractivity contribution in [2.75, 3.05) is 11.9 Å². The summed E-state index contributed by atoms with van der Waals surface area (Å²) in [6, 6.07) is 5.03. The van der Waals surface area contributed by atoms with Gasteiger partial charge in [-0.1, -0.05) is 6.07 Å². The summed E-state index contributed by atoms with van der Waals surface area (Å²) in [5, 5.41) is 6.78. The Kier molecular flexibility index (Phi) is 4.22. The van der Waals surface area contributed by atoms with Crippen molar-refractivity contribution in [3.05, 3.63) is 39.5 Å². The lowest BCUT2D eigenvalue weighted by atomic mass is 10.2. The maximum Gasteiger partial charge on any atom is 0.128 e. The maximum atomic E-state index is 4.74. The third-order valence-corrected chi connectivity index (χ3v) is 4.62. The molecule has 112 valence electrons. The average Bonchev–Trinajstić information content (AvgIpc) is 3.20. The van der Waals surface area contributed by atoms with Crippen molar-refractivity contribution in [1.29, 1.82) is 0 Å². The molecule has 0 aromatic carbocycles. The molecule has 1 N–H and O–H groups in total. The molecule has 5 heteroatoms. The van der Waals surface area contributed by atoms with Gasteiger partial charge in [-0.15, -0.1) is 11.3 Å². The number of hydrogen-bond acceptors (Lipinski definition) is 5. The second-order valence-electron chi connectivity index (χ2n) is 5.78. The summed E-state index contributed by atoms with van der Waals surface area (Å²) >= 11 is 1.70. The van der Waals surface area contributed by atoms with E-state index in [1.54, 1.807) is 11.3 Å². The number of rotatable bonds is 6. The van der Waals surface area contributed by atoms with Crippen LogP contribution in [0.1, 0.15) is 34.8 Å². The predicted octanol–water partition coefficient (Wildman–Crippen LogP) is 3.04. The fourth-order valence-corrected chi connectivity index (χ4v) is 2.93. The number of hydrogen-bond donors (Lipinski definition) is 1. The highest BCUT2D eigenvalue weighted by Crippen LogP contribution is 2.21. The van der Waals surface area contributed by atoms with Crippen LogP contribution in [0.5, 0.6) is 0 Å². The Bertz CT molecular complexity index is 618. The van der Waals surface area contributed by atoms with Gasteiger partial charge in [0.25, 0.3) is 0 Å². The molecule has 2 aromatic rings. The van der Waals surface area contributed by atoms with Gasteiger partial charge in [0.2, 0.25) is 0 Å². The lowest BCUT2D eigenvalue weighted by Gasteiger charge is -2.18. The van der Waals surface area contributed by atoms with Crippen LogP contribution < -0.4 is 10.2 Å². The Hall–Kier alpha value is -1.46. The van der Waals surface area contributed by atoms with Crippen molar-refractivity contribution < 1.29 is 0 Å². The van der Waals surface area contributed by atoms with Crippen LogP contribution in [0.15, 0.2) is 17.5 Å². The second kappa shape index (κ2) is 6.12.